The van der Waals surface area contributed by atoms with Crippen molar-refractivity contribution in [3.63, 3.8) is 0 Å². The number of nitrogens with one attached hydrogen (secondary N) is 1. The average molecular weight is 311 g/mol. The lowest BCUT2D eigenvalue weighted by molar-refractivity contribution is -0.137. The molecule has 1 aromatic carbocycles. The molecule has 0 fully saturated rings. The van der Waals surface area contributed by atoms with E-state index in [1.54, 1.807) is 25.1 Å². The molecule has 1 rings (SSSR count). The molecule has 0 radical (unpaired) electrons. The summed E-state index contributed by atoms with van der Waals surface area (Å²) in [5.74, 6) is 3.98. The van der Waals surface area contributed by atoms with Crippen LogP contribution in [0.4, 0.5) is 5.69 Å². The zero-order valence-electron chi connectivity index (χ0n) is 11.8. The van der Waals surface area contributed by atoms with Crippen molar-refractivity contribution < 1.29 is 23.1 Å². The summed E-state index contributed by atoms with van der Waals surface area (Å²) in [6, 6.07) is 5.05. The van der Waals surface area contributed by atoms with Crippen LogP contribution in [-0.4, -0.2) is 39.0 Å². The highest BCUT2D eigenvalue weighted by molar-refractivity contribution is 7.93. The lowest BCUT2D eigenvalue weighted by Gasteiger charge is -2.10. The average Bonchev–Trinajstić information content (AvgIpc) is 2.41. The van der Waals surface area contributed by atoms with Gasteiger partial charge in [0.2, 0.25) is 10.0 Å². The first-order valence-electron chi connectivity index (χ1n) is 6.15. The van der Waals surface area contributed by atoms with Gasteiger partial charge in [-0.15, -0.1) is 0 Å². The fraction of sp³-hybridized carbons (Fsp3) is 0.357. The molecule has 1 aromatic rings. The Morgan fingerprint density at radius 1 is 1.43 bits per heavy atom. The number of hydrogen-bond donors (Lipinski definition) is 2. The molecule has 0 bridgehead atoms. The fourth-order valence-electron chi connectivity index (χ4n) is 1.45. The zero-order chi connectivity index (χ0) is 15.9. The number of aliphatic hydroxyl groups is 1. The van der Waals surface area contributed by atoms with Gasteiger partial charge in [-0.3, -0.25) is 9.52 Å². The summed E-state index contributed by atoms with van der Waals surface area (Å²) in [6.45, 7) is 1.71. The van der Waals surface area contributed by atoms with Gasteiger partial charge in [0, 0.05) is 12.0 Å². The van der Waals surface area contributed by atoms with Gasteiger partial charge in [0.15, 0.2) is 5.75 Å². The number of anilines is 1. The molecule has 0 aliphatic heterocycles. The first-order valence-corrected chi connectivity index (χ1v) is 7.81. The minimum absolute atomic E-state index is 0.0303. The Bertz CT molecular complexity index is 670. The number of aliphatic hydroxyl groups excluding tert-OH is 1. The summed E-state index contributed by atoms with van der Waals surface area (Å²) >= 11 is 0. The topological polar surface area (TPSA) is 92.7 Å². The molecule has 0 heterocycles. The van der Waals surface area contributed by atoms with E-state index < -0.39 is 21.7 Å². The predicted octanol–water partition coefficient (Wildman–Crippen LogP) is 0.644. The van der Waals surface area contributed by atoms with Crippen LogP contribution in [0.5, 0.6) is 0 Å². The highest BCUT2D eigenvalue weighted by Gasteiger charge is 2.17. The van der Waals surface area contributed by atoms with E-state index in [-0.39, 0.29) is 6.61 Å². The second kappa shape index (κ2) is 7.67. The number of methoxy groups -OCH3 is 1. The predicted molar refractivity (Wildman–Crippen MR) is 79.2 cm³/mol. The van der Waals surface area contributed by atoms with Crippen LogP contribution < -0.4 is 4.72 Å². The van der Waals surface area contributed by atoms with Gasteiger partial charge in [0.25, 0.3) is 0 Å². The molecular weight excluding hydrogens is 294 g/mol. The van der Waals surface area contributed by atoms with E-state index in [1.165, 1.54) is 0 Å². The summed E-state index contributed by atoms with van der Waals surface area (Å²) in [4.78, 5) is 11.1. The molecule has 0 saturated carbocycles. The van der Waals surface area contributed by atoms with Crippen molar-refractivity contribution in [3.05, 3.63) is 29.3 Å². The summed E-state index contributed by atoms with van der Waals surface area (Å²) in [7, 11) is -2.70. The van der Waals surface area contributed by atoms with E-state index in [0.29, 0.717) is 23.2 Å². The molecule has 0 aliphatic carbocycles. The van der Waals surface area contributed by atoms with Gasteiger partial charge in [-0.05, 0) is 24.6 Å². The Balaban J connectivity index is 2.95. The molecule has 6 nitrogen and oxygen atoms in total. The highest BCUT2D eigenvalue weighted by Crippen LogP contribution is 2.18. The number of rotatable bonds is 5. The van der Waals surface area contributed by atoms with Crippen LogP contribution in [0, 0.1) is 18.8 Å². The van der Waals surface area contributed by atoms with Crippen LogP contribution >= 0.6 is 0 Å². The van der Waals surface area contributed by atoms with E-state index >= 15 is 0 Å². The maximum absolute atomic E-state index is 11.8. The Labute approximate surface area is 124 Å². The van der Waals surface area contributed by atoms with Gasteiger partial charge in [-0.1, -0.05) is 17.9 Å². The van der Waals surface area contributed by atoms with E-state index in [9.17, 15) is 13.2 Å². The molecular formula is C14H17NO5S. The minimum atomic E-state index is -3.82. The smallest absolute Gasteiger partial charge is 0.322 e. The van der Waals surface area contributed by atoms with E-state index in [0.717, 1.165) is 7.11 Å². The third-order valence-corrected chi connectivity index (χ3v) is 3.65. The van der Waals surface area contributed by atoms with Gasteiger partial charge in [0.1, 0.15) is 0 Å². The van der Waals surface area contributed by atoms with Crippen LogP contribution in [0.1, 0.15) is 17.5 Å². The Kier molecular flexibility index (Phi) is 6.21. The van der Waals surface area contributed by atoms with Crippen molar-refractivity contribution in [2.24, 2.45) is 0 Å². The number of carbonyl (C=O) groups is 1. The Morgan fingerprint density at radius 3 is 2.76 bits per heavy atom. The molecule has 0 spiro atoms. The number of benzene rings is 1. The van der Waals surface area contributed by atoms with Crippen LogP contribution in [0.3, 0.4) is 0 Å². The second-order valence-electron chi connectivity index (χ2n) is 4.24. The fourth-order valence-corrected chi connectivity index (χ4v) is 2.50. The number of aryl methyl sites for hydroxylation is 1. The molecule has 21 heavy (non-hydrogen) atoms. The molecule has 0 aliphatic rings. The largest absolute Gasteiger partial charge is 0.468 e. The number of sulfonamides is 1. The first-order chi connectivity index (χ1) is 9.88. The van der Waals surface area contributed by atoms with Crippen molar-refractivity contribution in [2.75, 3.05) is 24.2 Å². The Hall–Kier alpha value is -2.04. The van der Waals surface area contributed by atoms with Crippen molar-refractivity contribution in [3.8, 4) is 11.8 Å². The van der Waals surface area contributed by atoms with Crippen LogP contribution in [-0.2, 0) is 19.6 Å². The highest BCUT2D eigenvalue weighted by atomic mass is 32.2. The molecule has 0 amide bonds. The summed E-state index contributed by atoms with van der Waals surface area (Å²) in [6.07, 6.45) is 0.345. The molecule has 7 heteroatoms. The lowest BCUT2D eigenvalue weighted by atomic mass is 10.1. The molecule has 114 valence electrons. The SMILES string of the molecule is COC(=O)CS(=O)(=O)Nc1cc(C#CCCO)ccc1C. The van der Waals surface area contributed by atoms with Crippen LogP contribution in [0.15, 0.2) is 18.2 Å². The van der Waals surface area contributed by atoms with Crippen LogP contribution in [0.2, 0.25) is 0 Å². The quantitative estimate of drug-likeness (QED) is 0.615. The molecule has 2 N–H and O–H groups in total. The van der Waals surface area contributed by atoms with Gasteiger partial charge >= 0.3 is 5.97 Å². The monoisotopic (exact) mass is 311 g/mol. The molecule has 0 saturated heterocycles. The molecule has 0 atom stereocenters. The third kappa shape index (κ3) is 5.85. The normalized spacial score (nSPS) is 10.4. The van der Waals surface area contributed by atoms with Gasteiger partial charge < -0.3 is 9.84 Å². The van der Waals surface area contributed by atoms with Crippen molar-refractivity contribution >= 4 is 21.7 Å². The van der Waals surface area contributed by atoms with Gasteiger partial charge in [-0.2, -0.15) is 0 Å². The third-order valence-electron chi connectivity index (χ3n) is 2.51. The van der Waals surface area contributed by atoms with E-state index in [2.05, 4.69) is 21.3 Å². The van der Waals surface area contributed by atoms with Gasteiger partial charge in [0.05, 0.1) is 19.4 Å². The standard InChI is InChI=1S/C14H17NO5S/c1-11-6-7-12(5-3-4-8-16)9-13(11)15-21(18,19)10-14(17)20-2/h6-7,9,15-16H,4,8,10H2,1-2H3. The number of esters is 1. The maximum Gasteiger partial charge on any atom is 0.322 e. The minimum Gasteiger partial charge on any atom is -0.468 e. The lowest BCUT2D eigenvalue weighted by Crippen LogP contribution is -2.24. The number of ether oxygens (including phenoxy) is 1. The zero-order valence-corrected chi connectivity index (χ0v) is 12.7. The maximum atomic E-state index is 11.8. The summed E-state index contributed by atoms with van der Waals surface area (Å²) in [5.41, 5.74) is 1.68. The van der Waals surface area contributed by atoms with E-state index in [4.69, 9.17) is 5.11 Å². The van der Waals surface area contributed by atoms with Crippen molar-refractivity contribution in [1.82, 2.24) is 0 Å². The first kappa shape index (κ1) is 17.0. The van der Waals surface area contributed by atoms with Crippen LogP contribution in [0.25, 0.3) is 0 Å². The molecule has 0 unspecified atom stereocenters. The number of carbonyl (C=O) groups excluding carboxylic acids is 1. The molecule has 0 aromatic heterocycles. The van der Waals surface area contributed by atoms with Crippen molar-refractivity contribution in [1.29, 1.82) is 0 Å². The van der Waals surface area contributed by atoms with Crippen molar-refractivity contribution in [2.45, 2.75) is 13.3 Å². The second-order valence-corrected chi connectivity index (χ2v) is 5.96. The summed E-state index contributed by atoms with van der Waals surface area (Å²) in [5, 5.41) is 8.67. The summed E-state index contributed by atoms with van der Waals surface area (Å²) < 4.78 is 30.3. The Morgan fingerprint density at radius 2 is 2.14 bits per heavy atom. The van der Waals surface area contributed by atoms with E-state index in [1.807, 2.05) is 0 Å². The number of hydrogen-bond acceptors (Lipinski definition) is 5. The van der Waals surface area contributed by atoms with Gasteiger partial charge in [-0.25, -0.2) is 8.42 Å².